The molecular formula is C20H21N5O8S. The average molecular weight is 491 g/mol. The van der Waals surface area contributed by atoms with Gasteiger partial charge in [0.2, 0.25) is 15.9 Å². The molecule has 14 heteroatoms. The predicted octanol–water partition coefficient (Wildman–Crippen LogP) is 2.39. The lowest BCUT2D eigenvalue weighted by Gasteiger charge is -2.30. The first-order chi connectivity index (χ1) is 16.2. The van der Waals surface area contributed by atoms with E-state index in [0.29, 0.717) is 18.4 Å². The molecule has 2 aromatic heterocycles. The smallest absolute Gasteiger partial charge is 0.310 e. The maximum atomic E-state index is 13.0. The van der Waals surface area contributed by atoms with Crippen LogP contribution in [0.3, 0.4) is 0 Å². The number of non-ortho nitro benzene ring substituents is 1. The summed E-state index contributed by atoms with van der Waals surface area (Å²) in [6.45, 7) is 3.04. The van der Waals surface area contributed by atoms with Gasteiger partial charge in [0.1, 0.15) is 10.6 Å². The van der Waals surface area contributed by atoms with Crippen LogP contribution in [0.25, 0.3) is 11.5 Å². The van der Waals surface area contributed by atoms with Crippen molar-refractivity contribution in [3.63, 3.8) is 0 Å². The molecule has 1 unspecified atom stereocenters. The number of rotatable bonds is 7. The van der Waals surface area contributed by atoms with E-state index < -0.39 is 26.8 Å². The molecule has 1 saturated heterocycles. The second kappa shape index (κ2) is 9.30. The van der Waals surface area contributed by atoms with Crippen molar-refractivity contribution in [2.24, 2.45) is 5.92 Å². The van der Waals surface area contributed by atoms with Crippen molar-refractivity contribution in [1.29, 1.82) is 0 Å². The van der Waals surface area contributed by atoms with Crippen LogP contribution >= 0.6 is 0 Å². The van der Waals surface area contributed by atoms with Gasteiger partial charge in [0.25, 0.3) is 11.6 Å². The highest BCUT2D eigenvalue weighted by molar-refractivity contribution is 7.89. The fourth-order valence-electron chi connectivity index (χ4n) is 3.73. The highest BCUT2D eigenvalue weighted by Crippen LogP contribution is 2.28. The van der Waals surface area contributed by atoms with Crippen molar-refractivity contribution in [2.45, 2.75) is 38.2 Å². The number of nitro benzene ring substituents is 1. The maximum Gasteiger partial charge on any atom is 0.310 e. The van der Waals surface area contributed by atoms with Gasteiger partial charge < -0.3 is 13.7 Å². The lowest BCUT2D eigenvalue weighted by Crippen LogP contribution is -2.43. The number of hydrogen-bond donors (Lipinski definition) is 0. The minimum absolute atomic E-state index is 0.0196. The third-order valence-electron chi connectivity index (χ3n) is 5.41. The van der Waals surface area contributed by atoms with Crippen molar-refractivity contribution in [3.8, 4) is 11.5 Å². The van der Waals surface area contributed by atoms with Gasteiger partial charge in [-0.3, -0.25) is 14.9 Å². The number of carbonyl (C=O) groups excluding carboxylic acids is 1. The second-order valence-electron chi connectivity index (χ2n) is 7.77. The van der Waals surface area contributed by atoms with Crippen molar-refractivity contribution < 1.29 is 31.8 Å². The van der Waals surface area contributed by atoms with E-state index in [2.05, 4.69) is 15.4 Å². The highest BCUT2D eigenvalue weighted by atomic mass is 32.2. The molecule has 180 valence electrons. The van der Waals surface area contributed by atoms with Crippen LogP contribution < -0.4 is 0 Å². The summed E-state index contributed by atoms with van der Waals surface area (Å²) in [7, 11) is -3.86. The first-order valence-electron chi connectivity index (χ1n) is 10.3. The molecule has 3 heterocycles. The Morgan fingerprint density at radius 1 is 1.26 bits per heavy atom. The molecule has 0 N–H and O–H groups in total. The van der Waals surface area contributed by atoms with Gasteiger partial charge in [-0.25, -0.2) is 8.42 Å². The number of benzene rings is 1. The zero-order valence-electron chi connectivity index (χ0n) is 18.3. The fourth-order valence-corrected chi connectivity index (χ4v) is 5.55. The zero-order chi connectivity index (χ0) is 24.5. The Morgan fingerprint density at radius 2 is 2.00 bits per heavy atom. The van der Waals surface area contributed by atoms with Gasteiger partial charge in [-0.15, -0.1) is 10.2 Å². The summed E-state index contributed by atoms with van der Waals surface area (Å²) < 4.78 is 43.1. The lowest BCUT2D eigenvalue weighted by atomic mass is 10.0. The number of piperidine rings is 1. The summed E-state index contributed by atoms with van der Waals surface area (Å²) in [6, 6.07) is 5.56. The molecule has 4 rings (SSSR count). The van der Waals surface area contributed by atoms with Crippen LogP contribution in [-0.2, 0) is 26.2 Å². The number of aryl methyl sites for hydroxylation is 2. The van der Waals surface area contributed by atoms with Gasteiger partial charge in [0, 0.05) is 30.8 Å². The van der Waals surface area contributed by atoms with Crippen LogP contribution in [0, 0.1) is 29.9 Å². The molecule has 0 radical (unpaired) electrons. The Labute approximate surface area is 193 Å². The number of nitro groups is 1. The quantitative estimate of drug-likeness (QED) is 0.270. The van der Waals surface area contributed by atoms with E-state index in [-0.39, 0.29) is 53.5 Å². The van der Waals surface area contributed by atoms with Crippen molar-refractivity contribution in [1.82, 2.24) is 19.7 Å². The molecule has 1 aliphatic rings. The lowest BCUT2D eigenvalue weighted by molar-refractivity contribution is -0.384. The molecule has 1 aromatic carbocycles. The van der Waals surface area contributed by atoms with Crippen LogP contribution in [0.4, 0.5) is 5.69 Å². The Balaban J connectivity index is 1.37. The molecule has 0 saturated carbocycles. The number of hydrogen-bond acceptors (Lipinski definition) is 11. The molecule has 0 spiro atoms. The van der Waals surface area contributed by atoms with E-state index in [9.17, 15) is 23.3 Å². The van der Waals surface area contributed by atoms with Crippen molar-refractivity contribution in [2.75, 3.05) is 13.1 Å². The number of nitrogens with zero attached hydrogens (tertiary/aromatic N) is 5. The van der Waals surface area contributed by atoms with Gasteiger partial charge >= 0.3 is 5.97 Å². The molecule has 1 aliphatic heterocycles. The predicted molar refractivity (Wildman–Crippen MR) is 114 cm³/mol. The topological polar surface area (TPSA) is 172 Å². The van der Waals surface area contributed by atoms with Crippen molar-refractivity contribution in [3.05, 3.63) is 51.7 Å². The zero-order valence-corrected chi connectivity index (χ0v) is 19.1. The van der Waals surface area contributed by atoms with Gasteiger partial charge in [-0.1, -0.05) is 5.16 Å². The van der Waals surface area contributed by atoms with E-state index >= 15 is 0 Å². The monoisotopic (exact) mass is 491 g/mol. The van der Waals surface area contributed by atoms with Gasteiger partial charge in [0.15, 0.2) is 12.4 Å². The molecule has 0 aliphatic carbocycles. The molecule has 0 amide bonds. The summed E-state index contributed by atoms with van der Waals surface area (Å²) in [4.78, 5) is 22.9. The Bertz CT molecular complexity index is 1300. The number of carbonyl (C=O) groups is 1. The third kappa shape index (κ3) is 4.68. The first kappa shape index (κ1) is 23.5. The van der Waals surface area contributed by atoms with Crippen LogP contribution in [0.2, 0.25) is 0 Å². The standard InChI is InChI=1S/C20H21N5O8S/c1-12-18(13(2)33-23-12)34(29,30)24-9-3-4-15(10-24)20(26)31-11-17-21-22-19(32-17)14-5-7-16(8-6-14)25(27)28/h5-8,15H,3-4,9-11H2,1-2H3. The van der Waals surface area contributed by atoms with Crippen LogP contribution in [0.5, 0.6) is 0 Å². The number of esters is 1. The Morgan fingerprint density at radius 3 is 2.65 bits per heavy atom. The van der Waals surface area contributed by atoms with Crippen molar-refractivity contribution >= 4 is 21.7 Å². The Kier molecular flexibility index (Phi) is 6.43. The van der Waals surface area contributed by atoms with Crippen LogP contribution in [-0.4, -0.2) is 52.1 Å². The summed E-state index contributed by atoms with van der Waals surface area (Å²) in [5.74, 6) is -0.870. The molecule has 3 aromatic rings. The number of sulfonamides is 1. The van der Waals surface area contributed by atoms with E-state index in [4.69, 9.17) is 13.7 Å². The normalized spacial score (nSPS) is 16.9. The molecule has 0 bridgehead atoms. The summed E-state index contributed by atoms with van der Waals surface area (Å²) in [5.41, 5.74) is 0.667. The molecule has 34 heavy (non-hydrogen) atoms. The third-order valence-corrected chi connectivity index (χ3v) is 7.52. The number of aromatic nitrogens is 3. The first-order valence-corrected chi connectivity index (χ1v) is 11.8. The minimum atomic E-state index is -3.86. The van der Waals surface area contributed by atoms with Crippen LogP contribution in [0.15, 0.2) is 38.1 Å². The molecular weight excluding hydrogens is 470 g/mol. The Hall–Kier alpha value is -3.65. The van der Waals surface area contributed by atoms with E-state index in [1.165, 1.54) is 35.5 Å². The van der Waals surface area contributed by atoms with Gasteiger partial charge in [-0.05, 0) is 38.8 Å². The summed E-state index contributed by atoms with van der Waals surface area (Å²) in [5, 5.41) is 22.1. The SMILES string of the molecule is Cc1noc(C)c1S(=O)(=O)N1CCCC(C(=O)OCc2nnc(-c3ccc([N+](=O)[O-])cc3)o2)C1. The largest absolute Gasteiger partial charge is 0.455 e. The maximum absolute atomic E-state index is 13.0. The van der Waals surface area contributed by atoms with E-state index in [1.54, 1.807) is 6.92 Å². The average Bonchev–Trinajstić information content (AvgIpc) is 3.44. The fraction of sp³-hybridized carbons (Fsp3) is 0.400. The van der Waals surface area contributed by atoms with E-state index in [0.717, 1.165) is 0 Å². The van der Waals surface area contributed by atoms with E-state index in [1.807, 2.05) is 0 Å². The molecule has 1 fully saturated rings. The molecule has 1 atom stereocenters. The van der Waals surface area contributed by atoms with Crippen LogP contribution in [0.1, 0.15) is 30.2 Å². The van der Waals surface area contributed by atoms with Gasteiger partial charge in [0.05, 0.1) is 10.8 Å². The van der Waals surface area contributed by atoms with Gasteiger partial charge in [-0.2, -0.15) is 4.31 Å². The second-order valence-corrected chi connectivity index (χ2v) is 9.64. The molecule has 13 nitrogen and oxygen atoms in total. The summed E-state index contributed by atoms with van der Waals surface area (Å²) in [6.07, 6.45) is 0.970. The number of ether oxygens (including phenoxy) is 1. The highest BCUT2D eigenvalue weighted by Gasteiger charge is 2.37. The summed E-state index contributed by atoms with van der Waals surface area (Å²) >= 11 is 0. The minimum Gasteiger partial charge on any atom is -0.455 e.